The molecule has 0 fully saturated rings. The highest BCUT2D eigenvalue weighted by molar-refractivity contribution is 6.58. The Balaban J connectivity index is 3.20. The Labute approximate surface area is 89.9 Å². The van der Waals surface area contributed by atoms with Crippen molar-refractivity contribution < 1.29 is 15.2 Å². The SMILES string of the molecule is CC(O)c1cc(B(O)O)cc(N(C)C)c1. The zero-order valence-electron chi connectivity index (χ0n) is 9.18. The summed E-state index contributed by atoms with van der Waals surface area (Å²) in [5, 5.41) is 27.6. The van der Waals surface area contributed by atoms with E-state index >= 15 is 0 Å². The smallest absolute Gasteiger partial charge is 0.423 e. The van der Waals surface area contributed by atoms with Crippen LogP contribution in [-0.4, -0.2) is 36.4 Å². The third-order valence-corrected chi connectivity index (χ3v) is 2.26. The molecule has 0 saturated carbocycles. The molecule has 0 bridgehead atoms. The molecule has 1 rings (SSSR count). The molecule has 15 heavy (non-hydrogen) atoms. The minimum Gasteiger partial charge on any atom is -0.423 e. The fourth-order valence-electron chi connectivity index (χ4n) is 1.31. The van der Waals surface area contributed by atoms with E-state index in [1.807, 2.05) is 25.1 Å². The Morgan fingerprint density at radius 2 is 1.80 bits per heavy atom. The van der Waals surface area contributed by atoms with E-state index in [4.69, 9.17) is 10.0 Å². The van der Waals surface area contributed by atoms with Crippen molar-refractivity contribution in [2.75, 3.05) is 19.0 Å². The molecule has 1 aromatic rings. The van der Waals surface area contributed by atoms with Crippen LogP contribution in [0, 0.1) is 0 Å². The van der Waals surface area contributed by atoms with Gasteiger partial charge in [0.15, 0.2) is 0 Å². The summed E-state index contributed by atoms with van der Waals surface area (Å²) in [6, 6.07) is 5.08. The summed E-state index contributed by atoms with van der Waals surface area (Å²) in [5.74, 6) is 0. The second kappa shape index (κ2) is 4.66. The van der Waals surface area contributed by atoms with E-state index in [0.717, 1.165) is 5.69 Å². The molecule has 0 aliphatic heterocycles. The number of rotatable bonds is 3. The second-order valence-corrected chi connectivity index (χ2v) is 3.80. The van der Waals surface area contributed by atoms with Gasteiger partial charge in [0.25, 0.3) is 0 Å². The molecule has 0 radical (unpaired) electrons. The Hall–Kier alpha value is -1.04. The molecule has 0 spiro atoms. The monoisotopic (exact) mass is 209 g/mol. The van der Waals surface area contributed by atoms with Crippen LogP contribution in [-0.2, 0) is 0 Å². The number of nitrogens with zero attached hydrogens (tertiary/aromatic N) is 1. The summed E-state index contributed by atoms with van der Waals surface area (Å²) < 4.78 is 0. The highest BCUT2D eigenvalue weighted by Gasteiger charge is 2.15. The van der Waals surface area contributed by atoms with Gasteiger partial charge < -0.3 is 20.1 Å². The maximum absolute atomic E-state index is 9.45. The van der Waals surface area contributed by atoms with Crippen LogP contribution in [0.1, 0.15) is 18.6 Å². The van der Waals surface area contributed by atoms with E-state index in [1.165, 1.54) is 0 Å². The lowest BCUT2D eigenvalue weighted by atomic mass is 9.79. The first-order valence-electron chi connectivity index (χ1n) is 4.78. The minimum atomic E-state index is -1.51. The first kappa shape index (κ1) is 12.0. The van der Waals surface area contributed by atoms with Gasteiger partial charge in [-0.3, -0.25) is 0 Å². The molecule has 82 valence electrons. The van der Waals surface area contributed by atoms with Gasteiger partial charge in [0.1, 0.15) is 0 Å². The summed E-state index contributed by atoms with van der Waals surface area (Å²) in [6.45, 7) is 1.64. The molecular formula is C10H16BNO3. The van der Waals surface area contributed by atoms with Crippen LogP contribution in [0.3, 0.4) is 0 Å². The van der Waals surface area contributed by atoms with E-state index in [2.05, 4.69) is 0 Å². The van der Waals surface area contributed by atoms with Crippen molar-refractivity contribution >= 4 is 18.3 Å². The van der Waals surface area contributed by atoms with Crippen molar-refractivity contribution in [3.63, 3.8) is 0 Å². The summed E-state index contributed by atoms with van der Waals surface area (Å²) >= 11 is 0. The van der Waals surface area contributed by atoms with Crippen molar-refractivity contribution in [1.82, 2.24) is 0 Å². The van der Waals surface area contributed by atoms with Crippen molar-refractivity contribution in [3.8, 4) is 0 Å². The van der Waals surface area contributed by atoms with Gasteiger partial charge in [-0.05, 0) is 30.1 Å². The fraction of sp³-hybridized carbons (Fsp3) is 0.400. The second-order valence-electron chi connectivity index (χ2n) is 3.80. The molecule has 0 amide bonds. The van der Waals surface area contributed by atoms with Crippen molar-refractivity contribution in [3.05, 3.63) is 23.8 Å². The van der Waals surface area contributed by atoms with Crippen LogP contribution >= 0.6 is 0 Å². The lowest BCUT2D eigenvalue weighted by Gasteiger charge is -2.17. The lowest BCUT2D eigenvalue weighted by molar-refractivity contribution is 0.199. The van der Waals surface area contributed by atoms with E-state index in [0.29, 0.717) is 11.0 Å². The normalized spacial score (nSPS) is 12.4. The van der Waals surface area contributed by atoms with Gasteiger partial charge in [-0.15, -0.1) is 0 Å². The Morgan fingerprint density at radius 3 is 2.20 bits per heavy atom. The van der Waals surface area contributed by atoms with Gasteiger partial charge in [-0.1, -0.05) is 6.07 Å². The van der Waals surface area contributed by atoms with Crippen LogP contribution < -0.4 is 10.4 Å². The van der Waals surface area contributed by atoms with Crippen LogP contribution in [0.15, 0.2) is 18.2 Å². The molecule has 1 aromatic carbocycles. The quantitative estimate of drug-likeness (QED) is 0.586. The molecule has 5 heteroatoms. The Morgan fingerprint density at radius 1 is 1.20 bits per heavy atom. The van der Waals surface area contributed by atoms with E-state index in [1.54, 1.807) is 19.1 Å². The zero-order chi connectivity index (χ0) is 11.6. The molecular weight excluding hydrogens is 193 g/mol. The Kier molecular flexibility index (Phi) is 3.74. The first-order valence-corrected chi connectivity index (χ1v) is 4.78. The Bertz CT molecular complexity index is 275. The number of aliphatic hydroxyl groups is 1. The average molecular weight is 209 g/mol. The molecule has 0 aromatic heterocycles. The number of aliphatic hydroxyl groups excluding tert-OH is 1. The van der Waals surface area contributed by atoms with Gasteiger partial charge in [-0.25, -0.2) is 0 Å². The molecule has 0 aliphatic carbocycles. The van der Waals surface area contributed by atoms with Crippen LogP contribution in [0.25, 0.3) is 0 Å². The van der Waals surface area contributed by atoms with Crippen LogP contribution in [0.5, 0.6) is 0 Å². The number of hydrogen-bond donors (Lipinski definition) is 3. The summed E-state index contributed by atoms with van der Waals surface area (Å²) in [6.07, 6.45) is -0.623. The highest BCUT2D eigenvalue weighted by atomic mass is 16.4. The summed E-state index contributed by atoms with van der Waals surface area (Å²) in [7, 11) is 2.20. The third-order valence-electron chi connectivity index (χ3n) is 2.26. The number of benzene rings is 1. The largest absolute Gasteiger partial charge is 0.488 e. The third kappa shape index (κ3) is 2.96. The van der Waals surface area contributed by atoms with E-state index in [9.17, 15) is 5.11 Å². The summed E-state index contributed by atoms with van der Waals surface area (Å²) in [4.78, 5) is 1.84. The van der Waals surface area contributed by atoms with Gasteiger partial charge in [0.2, 0.25) is 0 Å². The lowest BCUT2D eigenvalue weighted by Crippen LogP contribution is -2.31. The number of anilines is 1. The molecule has 0 heterocycles. The minimum absolute atomic E-state index is 0.386. The van der Waals surface area contributed by atoms with Gasteiger partial charge in [0.05, 0.1) is 6.10 Å². The van der Waals surface area contributed by atoms with Gasteiger partial charge >= 0.3 is 7.12 Å². The van der Waals surface area contributed by atoms with Crippen molar-refractivity contribution in [2.24, 2.45) is 0 Å². The average Bonchev–Trinajstić information content (AvgIpc) is 2.16. The number of hydrogen-bond acceptors (Lipinski definition) is 4. The highest BCUT2D eigenvalue weighted by Crippen LogP contribution is 2.17. The van der Waals surface area contributed by atoms with E-state index in [-0.39, 0.29) is 0 Å². The molecule has 0 saturated heterocycles. The van der Waals surface area contributed by atoms with Gasteiger partial charge in [-0.2, -0.15) is 0 Å². The van der Waals surface area contributed by atoms with Crippen LogP contribution in [0.4, 0.5) is 5.69 Å². The fourth-order valence-corrected chi connectivity index (χ4v) is 1.31. The molecule has 1 unspecified atom stereocenters. The standard InChI is InChI=1S/C10H16BNO3/c1-7(13)8-4-9(11(14)15)6-10(5-8)12(2)3/h4-7,13-15H,1-3H3. The molecule has 4 nitrogen and oxygen atoms in total. The predicted octanol–water partition coefficient (Wildman–Crippen LogP) is -0.514. The topological polar surface area (TPSA) is 63.9 Å². The van der Waals surface area contributed by atoms with Crippen molar-refractivity contribution in [2.45, 2.75) is 13.0 Å². The summed E-state index contributed by atoms with van der Waals surface area (Å²) in [5.41, 5.74) is 1.89. The van der Waals surface area contributed by atoms with Crippen LogP contribution in [0.2, 0.25) is 0 Å². The molecule has 0 aliphatic rings. The maximum Gasteiger partial charge on any atom is 0.488 e. The van der Waals surface area contributed by atoms with E-state index < -0.39 is 13.2 Å². The first-order chi connectivity index (χ1) is 6.91. The maximum atomic E-state index is 9.45. The molecule has 1 atom stereocenters. The van der Waals surface area contributed by atoms with Crippen molar-refractivity contribution in [1.29, 1.82) is 0 Å². The molecule has 3 N–H and O–H groups in total. The van der Waals surface area contributed by atoms with Gasteiger partial charge in [0, 0.05) is 19.8 Å². The predicted molar refractivity (Wildman–Crippen MR) is 61.2 cm³/mol. The zero-order valence-corrected chi connectivity index (χ0v) is 9.18.